The Morgan fingerprint density at radius 1 is 0.800 bits per heavy atom. The minimum Gasteiger partial charge on any atom is -0.373 e. The lowest BCUT2D eigenvalue weighted by atomic mass is 10.2. The summed E-state index contributed by atoms with van der Waals surface area (Å²) in [5.41, 5.74) is -0.411. The van der Waals surface area contributed by atoms with Crippen molar-refractivity contribution in [1.29, 1.82) is 0 Å². The van der Waals surface area contributed by atoms with Gasteiger partial charge < -0.3 is 14.2 Å². The molecule has 0 N–H and O–H groups in total. The second-order valence-electron chi connectivity index (χ2n) is 5.38. The Hall–Kier alpha value is 0.0969. The zero-order valence-electron chi connectivity index (χ0n) is 14.4. The molecular weight excluding hydrogens is 268 g/mol. The highest BCUT2D eigenvalue weighted by Crippen LogP contribution is 2.25. The van der Waals surface area contributed by atoms with Crippen LogP contribution >= 0.6 is 0 Å². The third-order valence-electron chi connectivity index (χ3n) is 3.36. The zero-order valence-corrected chi connectivity index (χ0v) is 15.8. The van der Waals surface area contributed by atoms with Crippen molar-refractivity contribution >= 4 is 9.52 Å². The Labute approximate surface area is 128 Å². The summed E-state index contributed by atoms with van der Waals surface area (Å²) >= 11 is 0. The Bertz CT molecular complexity index is 190. The molecule has 0 fully saturated rings. The third-order valence-corrected chi connectivity index (χ3v) is 5.99. The molecule has 0 amide bonds. The van der Waals surface area contributed by atoms with Gasteiger partial charge in [-0.15, -0.1) is 0 Å². The second-order valence-corrected chi connectivity index (χ2v) is 7.57. The molecule has 0 aliphatic heterocycles. The summed E-state index contributed by atoms with van der Waals surface area (Å²) in [6.45, 7) is 13.2. The molecule has 0 rings (SSSR count). The first-order chi connectivity index (χ1) is 9.70. The van der Waals surface area contributed by atoms with Crippen molar-refractivity contribution < 1.29 is 14.2 Å². The average molecular weight is 305 g/mol. The van der Waals surface area contributed by atoms with Crippen LogP contribution in [0.25, 0.3) is 0 Å². The zero-order chi connectivity index (χ0) is 15.3. The van der Waals surface area contributed by atoms with Gasteiger partial charge in [0.25, 0.3) is 0 Å². The first kappa shape index (κ1) is 20.1. The van der Waals surface area contributed by atoms with E-state index in [2.05, 4.69) is 34.6 Å². The van der Waals surface area contributed by atoms with Gasteiger partial charge in [-0.2, -0.15) is 0 Å². The molecule has 0 aliphatic carbocycles. The summed E-state index contributed by atoms with van der Waals surface area (Å²) < 4.78 is 18.6. The van der Waals surface area contributed by atoms with E-state index in [1.165, 1.54) is 12.5 Å². The normalized spacial score (nSPS) is 14.2. The molecular formula is C16H36O3Si. The summed E-state index contributed by atoms with van der Waals surface area (Å²) in [7, 11) is -0.478. The maximum absolute atomic E-state index is 6.25. The fraction of sp³-hybridized carbons (Fsp3) is 1.00. The summed E-state index contributed by atoms with van der Waals surface area (Å²) in [6, 6.07) is 1.25. The van der Waals surface area contributed by atoms with Crippen molar-refractivity contribution in [3.8, 4) is 0 Å². The Morgan fingerprint density at radius 3 is 1.75 bits per heavy atom. The summed E-state index contributed by atoms with van der Waals surface area (Å²) in [5.74, 6) is 0. The van der Waals surface area contributed by atoms with Gasteiger partial charge in [0, 0.05) is 19.8 Å². The molecule has 0 aliphatic rings. The third kappa shape index (κ3) is 7.20. The first-order valence-corrected chi connectivity index (χ1v) is 10.3. The smallest absolute Gasteiger partial charge is 0.170 e. The molecule has 0 saturated carbocycles. The van der Waals surface area contributed by atoms with Crippen LogP contribution in [0.5, 0.6) is 0 Å². The van der Waals surface area contributed by atoms with Crippen molar-refractivity contribution in [1.82, 2.24) is 0 Å². The minimum absolute atomic E-state index is 0.0961. The first-order valence-electron chi connectivity index (χ1n) is 8.60. The quantitative estimate of drug-likeness (QED) is 0.362. The van der Waals surface area contributed by atoms with Crippen LogP contribution in [0.2, 0.25) is 6.04 Å². The molecule has 4 heteroatoms. The van der Waals surface area contributed by atoms with Crippen molar-refractivity contribution in [3.63, 3.8) is 0 Å². The van der Waals surface area contributed by atoms with Gasteiger partial charge in [-0.05, 0) is 25.7 Å². The molecule has 0 heterocycles. The van der Waals surface area contributed by atoms with E-state index in [0.29, 0.717) is 0 Å². The van der Waals surface area contributed by atoms with E-state index in [1.54, 1.807) is 0 Å². The highest BCUT2D eigenvalue weighted by molar-refractivity contribution is 6.39. The van der Waals surface area contributed by atoms with Gasteiger partial charge in [0.05, 0.1) is 9.52 Å². The van der Waals surface area contributed by atoms with E-state index in [1.807, 2.05) is 0 Å². The van der Waals surface area contributed by atoms with Crippen LogP contribution in [0.1, 0.15) is 66.7 Å². The van der Waals surface area contributed by atoms with Gasteiger partial charge in [-0.1, -0.05) is 47.1 Å². The van der Waals surface area contributed by atoms with Crippen LogP contribution in [0.15, 0.2) is 0 Å². The van der Waals surface area contributed by atoms with Gasteiger partial charge in [0.1, 0.15) is 6.10 Å². The van der Waals surface area contributed by atoms with E-state index in [-0.39, 0.29) is 6.10 Å². The molecule has 3 nitrogen and oxygen atoms in total. The van der Waals surface area contributed by atoms with Gasteiger partial charge >= 0.3 is 0 Å². The molecule has 1 atom stereocenters. The monoisotopic (exact) mass is 304 g/mol. The SMILES string of the molecule is CCCOC(CC)C(OCCC)(OCCC)[SiH2]CCC. The average Bonchev–Trinajstić information content (AvgIpc) is 2.48. The van der Waals surface area contributed by atoms with E-state index >= 15 is 0 Å². The van der Waals surface area contributed by atoms with Crippen LogP contribution in [0, 0.1) is 0 Å². The maximum atomic E-state index is 6.25. The minimum atomic E-state index is -0.478. The molecule has 20 heavy (non-hydrogen) atoms. The molecule has 0 aromatic rings. The van der Waals surface area contributed by atoms with Crippen molar-refractivity contribution in [3.05, 3.63) is 0 Å². The van der Waals surface area contributed by atoms with Crippen LogP contribution in [-0.2, 0) is 14.2 Å². The number of rotatable bonds is 14. The Morgan fingerprint density at radius 2 is 1.35 bits per heavy atom. The molecule has 0 bridgehead atoms. The van der Waals surface area contributed by atoms with Crippen LogP contribution in [-0.4, -0.2) is 40.9 Å². The molecule has 0 radical (unpaired) electrons. The van der Waals surface area contributed by atoms with E-state index in [0.717, 1.165) is 45.5 Å². The second kappa shape index (κ2) is 12.8. The lowest BCUT2D eigenvalue weighted by Gasteiger charge is -2.40. The highest BCUT2D eigenvalue weighted by Gasteiger charge is 2.40. The molecule has 0 spiro atoms. The number of ether oxygens (including phenoxy) is 3. The van der Waals surface area contributed by atoms with Crippen LogP contribution in [0.4, 0.5) is 0 Å². The summed E-state index contributed by atoms with van der Waals surface area (Å²) in [4.78, 5) is 0. The van der Waals surface area contributed by atoms with E-state index in [9.17, 15) is 0 Å². The number of hydrogen-bond acceptors (Lipinski definition) is 3. The lowest BCUT2D eigenvalue weighted by Crippen LogP contribution is -2.54. The highest BCUT2D eigenvalue weighted by atomic mass is 28.2. The van der Waals surface area contributed by atoms with Crippen LogP contribution < -0.4 is 0 Å². The maximum Gasteiger partial charge on any atom is 0.170 e. The molecule has 122 valence electrons. The van der Waals surface area contributed by atoms with Gasteiger partial charge in [-0.25, -0.2) is 0 Å². The fourth-order valence-electron chi connectivity index (χ4n) is 2.32. The molecule has 0 saturated heterocycles. The van der Waals surface area contributed by atoms with Gasteiger partial charge in [0.15, 0.2) is 5.41 Å². The van der Waals surface area contributed by atoms with Crippen LogP contribution in [0.3, 0.4) is 0 Å². The van der Waals surface area contributed by atoms with Gasteiger partial charge in [-0.3, -0.25) is 0 Å². The van der Waals surface area contributed by atoms with E-state index in [4.69, 9.17) is 14.2 Å². The standard InChI is InChI=1S/C16H36O3Si/c1-6-11-17-15(10-5)16(18-12-7-2,19-13-8-3)20-14-9-4/h15H,6-14,20H2,1-5H3. The topological polar surface area (TPSA) is 27.7 Å². The molecule has 1 unspecified atom stereocenters. The summed E-state index contributed by atoms with van der Waals surface area (Å²) in [6.07, 6.45) is 5.37. The van der Waals surface area contributed by atoms with Crippen molar-refractivity contribution in [2.45, 2.75) is 84.3 Å². The fourth-order valence-corrected chi connectivity index (χ4v) is 4.47. The molecule has 0 aromatic carbocycles. The van der Waals surface area contributed by atoms with Crippen molar-refractivity contribution in [2.75, 3.05) is 19.8 Å². The van der Waals surface area contributed by atoms with Crippen molar-refractivity contribution in [2.24, 2.45) is 0 Å². The summed E-state index contributed by atoms with van der Waals surface area (Å²) in [5, 5.41) is 0. The predicted octanol–water partition coefficient (Wildman–Crippen LogP) is 3.70. The largest absolute Gasteiger partial charge is 0.373 e. The Kier molecular flexibility index (Phi) is 12.9. The van der Waals surface area contributed by atoms with Gasteiger partial charge in [0.2, 0.25) is 0 Å². The number of hydrogen-bond donors (Lipinski definition) is 0. The predicted molar refractivity (Wildman–Crippen MR) is 89.2 cm³/mol. The molecule has 0 aromatic heterocycles. The Balaban J connectivity index is 4.95. The van der Waals surface area contributed by atoms with E-state index < -0.39 is 14.9 Å². The lowest BCUT2D eigenvalue weighted by molar-refractivity contribution is -0.243.